The van der Waals surface area contributed by atoms with Crippen molar-refractivity contribution < 1.29 is 5.11 Å². The SMILES string of the molecule is CC(C)c1c(-c2cnc3nn(C)cc3c2)[nH]c2ccc(C3CCN(CC(C)(C)O)CC3)cc12. The summed E-state index contributed by atoms with van der Waals surface area (Å²) in [6.45, 7) is 11.1. The molecule has 0 bridgehead atoms. The van der Waals surface area contributed by atoms with Crippen LogP contribution >= 0.6 is 0 Å². The summed E-state index contributed by atoms with van der Waals surface area (Å²) in [5.41, 5.74) is 6.39. The molecule has 5 rings (SSSR count). The van der Waals surface area contributed by atoms with Gasteiger partial charge in [-0.1, -0.05) is 19.9 Å². The van der Waals surface area contributed by atoms with Crippen molar-refractivity contribution in [2.45, 2.75) is 58.0 Å². The molecule has 0 amide bonds. The Labute approximate surface area is 195 Å². The van der Waals surface area contributed by atoms with E-state index >= 15 is 0 Å². The fraction of sp³-hybridized carbons (Fsp3) is 0.481. The molecule has 6 heteroatoms. The van der Waals surface area contributed by atoms with Gasteiger partial charge in [-0.3, -0.25) is 4.68 Å². The van der Waals surface area contributed by atoms with Crippen LogP contribution in [-0.4, -0.2) is 55.0 Å². The van der Waals surface area contributed by atoms with Gasteiger partial charge in [0, 0.05) is 47.8 Å². The first-order chi connectivity index (χ1) is 15.7. The monoisotopic (exact) mass is 445 g/mol. The van der Waals surface area contributed by atoms with Crippen LogP contribution in [0.4, 0.5) is 0 Å². The number of nitrogens with one attached hydrogen (secondary N) is 1. The molecule has 1 fully saturated rings. The fourth-order valence-corrected chi connectivity index (χ4v) is 5.45. The molecule has 33 heavy (non-hydrogen) atoms. The molecule has 1 aliphatic rings. The number of aromatic amines is 1. The summed E-state index contributed by atoms with van der Waals surface area (Å²) in [5.74, 6) is 0.960. The lowest BCUT2D eigenvalue weighted by Crippen LogP contribution is -2.42. The number of rotatable bonds is 5. The zero-order valence-corrected chi connectivity index (χ0v) is 20.4. The molecular weight excluding hydrogens is 410 g/mol. The van der Waals surface area contributed by atoms with Crippen LogP contribution in [0.2, 0.25) is 0 Å². The van der Waals surface area contributed by atoms with E-state index in [-0.39, 0.29) is 0 Å². The van der Waals surface area contributed by atoms with Gasteiger partial charge in [0.25, 0.3) is 0 Å². The maximum absolute atomic E-state index is 10.2. The Bertz CT molecular complexity index is 1290. The molecule has 1 saturated heterocycles. The molecule has 0 unspecified atom stereocenters. The number of β-amino-alcohol motifs (C(OH)–C–C–N with tert-alkyl or cyclic N) is 1. The van der Waals surface area contributed by atoms with Crippen molar-refractivity contribution in [1.29, 1.82) is 0 Å². The Hall–Kier alpha value is -2.70. The van der Waals surface area contributed by atoms with E-state index in [4.69, 9.17) is 0 Å². The first kappa shape index (κ1) is 22.1. The first-order valence-electron chi connectivity index (χ1n) is 12.1. The first-order valence-corrected chi connectivity index (χ1v) is 12.1. The van der Waals surface area contributed by atoms with Gasteiger partial charge in [-0.15, -0.1) is 0 Å². The number of nitrogens with zero attached hydrogens (tertiary/aromatic N) is 4. The maximum atomic E-state index is 10.2. The van der Waals surface area contributed by atoms with Crippen molar-refractivity contribution in [2.75, 3.05) is 19.6 Å². The number of aliphatic hydroxyl groups is 1. The van der Waals surface area contributed by atoms with Crippen molar-refractivity contribution in [3.63, 3.8) is 0 Å². The second-order valence-electron chi connectivity index (χ2n) is 10.7. The van der Waals surface area contributed by atoms with E-state index in [0.717, 1.165) is 54.8 Å². The van der Waals surface area contributed by atoms with Gasteiger partial charge in [-0.2, -0.15) is 5.10 Å². The summed E-state index contributed by atoms with van der Waals surface area (Å²) in [7, 11) is 1.93. The molecule has 0 aliphatic carbocycles. The van der Waals surface area contributed by atoms with Crippen molar-refractivity contribution in [3.05, 3.63) is 47.8 Å². The second kappa shape index (κ2) is 8.26. The minimum atomic E-state index is -0.632. The highest BCUT2D eigenvalue weighted by atomic mass is 16.3. The molecule has 174 valence electrons. The molecule has 0 atom stereocenters. The number of benzene rings is 1. The lowest BCUT2D eigenvalue weighted by atomic mass is 9.87. The number of hydrogen-bond donors (Lipinski definition) is 2. The van der Waals surface area contributed by atoms with Gasteiger partial charge in [0.2, 0.25) is 0 Å². The molecular formula is C27H35N5O. The van der Waals surface area contributed by atoms with E-state index in [1.165, 1.54) is 22.0 Å². The average Bonchev–Trinajstić information content (AvgIpc) is 3.31. The van der Waals surface area contributed by atoms with E-state index in [9.17, 15) is 5.11 Å². The van der Waals surface area contributed by atoms with E-state index in [0.29, 0.717) is 11.8 Å². The predicted octanol–water partition coefficient (Wildman–Crippen LogP) is 5.19. The van der Waals surface area contributed by atoms with E-state index in [2.05, 4.69) is 58.1 Å². The number of likely N-dealkylation sites (tertiary alicyclic amines) is 1. The zero-order valence-electron chi connectivity index (χ0n) is 20.4. The number of fused-ring (bicyclic) bond motifs is 2. The number of aromatic nitrogens is 4. The second-order valence-corrected chi connectivity index (χ2v) is 10.7. The van der Waals surface area contributed by atoms with Gasteiger partial charge in [-0.25, -0.2) is 4.98 Å². The molecule has 4 aromatic rings. The fourth-order valence-electron chi connectivity index (χ4n) is 5.45. The van der Waals surface area contributed by atoms with Crippen LogP contribution in [0.5, 0.6) is 0 Å². The highest BCUT2D eigenvalue weighted by Gasteiger charge is 2.25. The summed E-state index contributed by atoms with van der Waals surface area (Å²) < 4.78 is 1.81. The van der Waals surface area contributed by atoms with Crippen LogP contribution in [0.25, 0.3) is 33.2 Å². The van der Waals surface area contributed by atoms with E-state index in [1.807, 2.05) is 38.0 Å². The number of aryl methyl sites for hydroxylation is 1. The van der Waals surface area contributed by atoms with Gasteiger partial charge in [0.1, 0.15) is 0 Å². The Morgan fingerprint density at radius 1 is 1.18 bits per heavy atom. The minimum absolute atomic E-state index is 0.391. The topological polar surface area (TPSA) is 70.0 Å². The Kier molecular flexibility index (Phi) is 5.53. The van der Waals surface area contributed by atoms with Crippen molar-refractivity contribution in [1.82, 2.24) is 24.6 Å². The quantitative estimate of drug-likeness (QED) is 0.443. The number of pyridine rings is 1. The smallest absolute Gasteiger partial charge is 0.181 e. The molecule has 1 aromatic carbocycles. The average molecular weight is 446 g/mol. The Morgan fingerprint density at radius 3 is 2.64 bits per heavy atom. The standard InChI is InChI=1S/C27H35N5O/c1-17(2)24-22-13-19(18-8-10-32(11-9-18)16-27(3,4)33)6-7-23(22)29-25(24)20-12-21-15-31(5)30-26(21)28-14-20/h6-7,12-15,17-18,29,33H,8-11,16H2,1-5H3. The predicted molar refractivity (Wildman–Crippen MR) is 135 cm³/mol. The summed E-state index contributed by atoms with van der Waals surface area (Å²) in [5, 5.41) is 16.9. The molecule has 1 aliphatic heterocycles. The van der Waals surface area contributed by atoms with Crippen LogP contribution in [0, 0.1) is 0 Å². The maximum Gasteiger partial charge on any atom is 0.181 e. The largest absolute Gasteiger partial charge is 0.389 e. The lowest BCUT2D eigenvalue weighted by Gasteiger charge is -2.35. The highest BCUT2D eigenvalue weighted by molar-refractivity contribution is 5.93. The van der Waals surface area contributed by atoms with Crippen molar-refractivity contribution >= 4 is 21.9 Å². The highest BCUT2D eigenvalue weighted by Crippen LogP contribution is 2.38. The summed E-state index contributed by atoms with van der Waals surface area (Å²) in [6.07, 6.45) is 6.23. The molecule has 0 saturated carbocycles. The summed E-state index contributed by atoms with van der Waals surface area (Å²) in [6, 6.07) is 9.15. The van der Waals surface area contributed by atoms with E-state index < -0.39 is 5.60 Å². The van der Waals surface area contributed by atoms with Crippen molar-refractivity contribution in [2.24, 2.45) is 7.05 Å². The number of H-pyrrole nitrogens is 1. The molecule has 3 aromatic heterocycles. The van der Waals surface area contributed by atoms with Gasteiger partial charge < -0.3 is 15.0 Å². The normalized spacial score (nSPS) is 16.5. The third-order valence-corrected chi connectivity index (χ3v) is 6.87. The van der Waals surface area contributed by atoms with Gasteiger partial charge >= 0.3 is 0 Å². The third-order valence-electron chi connectivity index (χ3n) is 6.87. The minimum Gasteiger partial charge on any atom is -0.389 e. The Balaban J connectivity index is 1.47. The van der Waals surface area contributed by atoms with Gasteiger partial charge in [-0.05, 0) is 80.9 Å². The third kappa shape index (κ3) is 4.42. The molecule has 6 nitrogen and oxygen atoms in total. The van der Waals surface area contributed by atoms with Crippen LogP contribution in [-0.2, 0) is 7.05 Å². The summed E-state index contributed by atoms with van der Waals surface area (Å²) >= 11 is 0. The zero-order chi connectivity index (χ0) is 23.3. The molecule has 4 heterocycles. The Morgan fingerprint density at radius 2 is 1.94 bits per heavy atom. The number of hydrogen-bond acceptors (Lipinski definition) is 4. The van der Waals surface area contributed by atoms with Crippen molar-refractivity contribution in [3.8, 4) is 11.3 Å². The molecule has 2 N–H and O–H groups in total. The van der Waals surface area contributed by atoms with E-state index in [1.54, 1.807) is 0 Å². The van der Waals surface area contributed by atoms with Crippen LogP contribution < -0.4 is 0 Å². The number of piperidine rings is 1. The van der Waals surface area contributed by atoms with Crippen LogP contribution in [0.1, 0.15) is 63.5 Å². The summed E-state index contributed by atoms with van der Waals surface area (Å²) in [4.78, 5) is 10.7. The van der Waals surface area contributed by atoms with Crippen LogP contribution in [0.15, 0.2) is 36.7 Å². The van der Waals surface area contributed by atoms with Crippen LogP contribution in [0.3, 0.4) is 0 Å². The molecule has 0 radical (unpaired) electrons. The van der Waals surface area contributed by atoms with Gasteiger partial charge in [0.05, 0.1) is 11.3 Å². The lowest BCUT2D eigenvalue weighted by molar-refractivity contribution is 0.0282. The van der Waals surface area contributed by atoms with Gasteiger partial charge in [0.15, 0.2) is 5.65 Å². The molecule has 0 spiro atoms.